The molecule has 0 saturated carbocycles. The average Bonchev–Trinajstić information content (AvgIpc) is 2.66. The number of benzene rings is 2. The molecule has 0 unspecified atom stereocenters. The van der Waals surface area contributed by atoms with Crippen LogP contribution < -0.4 is 0 Å². The Labute approximate surface area is 164 Å². The van der Waals surface area contributed by atoms with Crippen molar-refractivity contribution in [2.75, 3.05) is 19.8 Å². The molecule has 138 valence electrons. The molecule has 26 heavy (non-hydrogen) atoms. The van der Waals surface area contributed by atoms with E-state index >= 15 is 0 Å². The van der Waals surface area contributed by atoms with E-state index < -0.39 is 0 Å². The first-order valence-corrected chi connectivity index (χ1v) is 9.71. The van der Waals surface area contributed by atoms with Crippen molar-refractivity contribution >= 4 is 29.1 Å². The van der Waals surface area contributed by atoms with Gasteiger partial charge in [0.1, 0.15) is 0 Å². The predicted molar refractivity (Wildman–Crippen MR) is 106 cm³/mol. The highest BCUT2D eigenvalue weighted by Crippen LogP contribution is 2.26. The van der Waals surface area contributed by atoms with Gasteiger partial charge in [0, 0.05) is 36.3 Å². The van der Waals surface area contributed by atoms with Gasteiger partial charge in [0.2, 0.25) is 5.91 Å². The van der Waals surface area contributed by atoms with Crippen LogP contribution in [0.5, 0.6) is 0 Å². The molecular formula is C21H23Cl2NO2. The number of hydrogen-bond acceptors (Lipinski definition) is 2. The molecule has 0 bridgehead atoms. The zero-order valence-electron chi connectivity index (χ0n) is 14.7. The lowest BCUT2D eigenvalue weighted by Gasteiger charge is -2.30. The van der Waals surface area contributed by atoms with Crippen LogP contribution in [0.3, 0.4) is 0 Å². The largest absolute Gasteiger partial charge is 0.381 e. The summed E-state index contributed by atoms with van der Waals surface area (Å²) < 4.78 is 5.45. The van der Waals surface area contributed by atoms with Crippen LogP contribution in [0.1, 0.15) is 24.0 Å². The van der Waals surface area contributed by atoms with Crippen LogP contribution in [0.2, 0.25) is 10.0 Å². The fourth-order valence-electron chi connectivity index (χ4n) is 3.26. The van der Waals surface area contributed by atoms with Gasteiger partial charge in [-0.25, -0.2) is 0 Å². The number of rotatable bonds is 6. The number of hydrogen-bond donors (Lipinski definition) is 0. The quantitative estimate of drug-likeness (QED) is 0.693. The van der Waals surface area contributed by atoms with E-state index in [1.165, 1.54) is 0 Å². The Morgan fingerprint density at radius 1 is 1.00 bits per heavy atom. The minimum absolute atomic E-state index is 0.0512. The van der Waals surface area contributed by atoms with Gasteiger partial charge in [0.25, 0.3) is 0 Å². The normalized spacial score (nSPS) is 15.0. The Kier molecular flexibility index (Phi) is 6.95. The third-order valence-corrected chi connectivity index (χ3v) is 5.49. The molecule has 0 spiro atoms. The lowest BCUT2D eigenvalue weighted by Crippen LogP contribution is -2.37. The molecule has 0 atom stereocenters. The lowest BCUT2D eigenvalue weighted by atomic mass is 9.99. The summed E-state index contributed by atoms with van der Waals surface area (Å²) in [6.07, 6.45) is 2.20. The van der Waals surface area contributed by atoms with Gasteiger partial charge < -0.3 is 9.64 Å². The summed E-state index contributed by atoms with van der Waals surface area (Å²) in [7, 11) is 0. The van der Waals surface area contributed by atoms with Gasteiger partial charge in [-0.2, -0.15) is 0 Å². The molecule has 0 N–H and O–H groups in total. The van der Waals surface area contributed by atoms with Crippen molar-refractivity contribution in [2.24, 2.45) is 5.92 Å². The van der Waals surface area contributed by atoms with E-state index in [4.69, 9.17) is 27.9 Å². The molecule has 1 fully saturated rings. The third-order valence-electron chi connectivity index (χ3n) is 4.78. The second-order valence-electron chi connectivity index (χ2n) is 6.69. The Bertz CT molecular complexity index is 710. The van der Waals surface area contributed by atoms with Crippen molar-refractivity contribution in [3.63, 3.8) is 0 Å². The van der Waals surface area contributed by atoms with Gasteiger partial charge in [0.05, 0.1) is 6.42 Å². The van der Waals surface area contributed by atoms with E-state index in [9.17, 15) is 4.79 Å². The van der Waals surface area contributed by atoms with Crippen LogP contribution in [0.25, 0.3) is 0 Å². The first-order valence-electron chi connectivity index (χ1n) is 8.96. The van der Waals surface area contributed by atoms with Gasteiger partial charge in [-0.15, -0.1) is 0 Å². The average molecular weight is 392 g/mol. The maximum absolute atomic E-state index is 13.1. The van der Waals surface area contributed by atoms with Crippen molar-refractivity contribution in [3.8, 4) is 0 Å². The van der Waals surface area contributed by atoms with Crippen LogP contribution in [-0.4, -0.2) is 30.6 Å². The molecule has 1 saturated heterocycles. The summed E-state index contributed by atoms with van der Waals surface area (Å²) in [6.45, 7) is 2.88. The minimum Gasteiger partial charge on any atom is -0.381 e. The molecule has 3 nitrogen and oxygen atoms in total. The summed E-state index contributed by atoms with van der Waals surface area (Å²) in [6, 6.07) is 15.4. The van der Waals surface area contributed by atoms with Crippen LogP contribution >= 0.6 is 23.2 Å². The van der Waals surface area contributed by atoms with Gasteiger partial charge in [-0.1, -0.05) is 59.6 Å². The molecule has 1 aliphatic rings. The SMILES string of the molecule is O=C(Cc1c(Cl)cccc1Cl)N(Cc1ccccc1)CC1CCOCC1. The van der Waals surface area contributed by atoms with Crippen LogP contribution in [-0.2, 0) is 22.5 Å². The fourth-order valence-corrected chi connectivity index (χ4v) is 3.79. The highest BCUT2D eigenvalue weighted by Gasteiger charge is 2.23. The molecular weight excluding hydrogens is 369 g/mol. The second-order valence-corrected chi connectivity index (χ2v) is 7.51. The highest BCUT2D eigenvalue weighted by molar-refractivity contribution is 6.36. The molecule has 0 aliphatic carbocycles. The van der Waals surface area contributed by atoms with Gasteiger partial charge in [-0.3, -0.25) is 4.79 Å². The van der Waals surface area contributed by atoms with Crippen molar-refractivity contribution in [3.05, 3.63) is 69.7 Å². The number of halogens is 2. The number of ether oxygens (including phenoxy) is 1. The lowest BCUT2D eigenvalue weighted by molar-refractivity contribution is -0.132. The molecule has 1 heterocycles. The third kappa shape index (κ3) is 5.23. The summed E-state index contributed by atoms with van der Waals surface area (Å²) >= 11 is 12.5. The zero-order valence-corrected chi connectivity index (χ0v) is 16.2. The first-order chi connectivity index (χ1) is 12.6. The number of nitrogens with zero attached hydrogens (tertiary/aromatic N) is 1. The van der Waals surface area contributed by atoms with E-state index in [2.05, 4.69) is 0 Å². The number of carbonyl (C=O) groups is 1. The Morgan fingerprint density at radius 3 is 2.31 bits per heavy atom. The molecule has 1 amide bonds. The molecule has 5 heteroatoms. The smallest absolute Gasteiger partial charge is 0.227 e. The van der Waals surface area contributed by atoms with Gasteiger partial charge in [0.15, 0.2) is 0 Å². The van der Waals surface area contributed by atoms with Crippen molar-refractivity contribution in [2.45, 2.75) is 25.8 Å². The number of amides is 1. The monoisotopic (exact) mass is 391 g/mol. The zero-order chi connectivity index (χ0) is 18.4. The van der Waals surface area contributed by atoms with Gasteiger partial charge in [-0.05, 0) is 42.0 Å². The van der Waals surface area contributed by atoms with E-state index in [1.54, 1.807) is 18.2 Å². The molecule has 1 aliphatic heterocycles. The number of carbonyl (C=O) groups excluding carboxylic acids is 1. The van der Waals surface area contributed by atoms with Crippen LogP contribution in [0.15, 0.2) is 48.5 Å². The van der Waals surface area contributed by atoms with Crippen LogP contribution in [0, 0.1) is 5.92 Å². The standard InChI is InChI=1S/C21H23Cl2NO2/c22-19-7-4-8-20(23)18(19)13-21(25)24(14-16-5-2-1-3-6-16)15-17-9-11-26-12-10-17/h1-8,17H,9-15H2. The Balaban J connectivity index is 1.75. The van der Waals surface area contributed by atoms with Crippen LogP contribution in [0.4, 0.5) is 0 Å². The molecule has 2 aromatic rings. The Morgan fingerprint density at radius 2 is 1.65 bits per heavy atom. The van der Waals surface area contributed by atoms with E-state index in [0.717, 1.165) is 38.2 Å². The van der Waals surface area contributed by atoms with Crippen molar-refractivity contribution < 1.29 is 9.53 Å². The summed E-state index contributed by atoms with van der Waals surface area (Å²) in [4.78, 5) is 15.0. The molecule has 2 aromatic carbocycles. The topological polar surface area (TPSA) is 29.5 Å². The van der Waals surface area contributed by atoms with E-state index in [0.29, 0.717) is 28.1 Å². The van der Waals surface area contributed by atoms with Gasteiger partial charge >= 0.3 is 0 Å². The molecule has 0 aromatic heterocycles. The Hall–Kier alpha value is -1.55. The maximum atomic E-state index is 13.1. The maximum Gasteiger partial charge on any atom is 0.227 e. The van der Waals surface area contributed by atoms with E-state index in [1.807, 2.05) is 35.2 Å². The summed E-state index contributed by atoms with van der Waals surface area (Å²) in [5.74, 6) is 0.522. The first kappa shape index (κ1) is 19.2. The molecule has 0 radical (unpaired) electrons. The van der Waals surface area contributed by atoms with Crippen molar-refractivity contribution in [1.29, 1.82) is 0 Å². The minimum atomic E-state index is 0.0512. The van der Waals surface area contributed by atoms with E-state index in [-0.39, 0.29) is 12.3 Å². The fraction of sp³-hybridized carbons (Fsp3) is 0.381. The summed E-state index contributed by atoms with van der Waals surface area (Å²) in [5, 5.41) is 1.08. The summed E-state index contributed by atoms with van der Waals surface area (Å²) in [5.41, 5.74) is 1.82. The second kappa shape index (κ2) is 9.40. The van der Waals surface area contributed by atoms with Crippen molar-refractivity contribution in [1.82, 2.24) is 4.90 Å². The predicted octanol–water partition coefficient (Wildman–Crippen LogP) is 4.99. The highest BCUT2D eigenvalue weighted by atomic mass is 35.5. The molecule has 3 rings (SSSR count).